The van der Waals surface area contributed by atoms with Crippen LogP contribution in [0.25, 0.3) is 0 Å². The van der Waals surface area contributed by atoms with Crippen LogP contribution in [0.4, 0.5) is 0 Å². The smallest absolute Gasteiger partial charge is 0.0406 e. The van der Waals surface area contributed by atoms with Gasteiger partial charge in [-0.15, -0.1) is 0 Å². The first-order valence-electron chi connectivity index (χ1n) is 4.38. The van der Waals surface area contributed by atoms with Crippen molar-refractivity contribution in [1.29, 1.82) is 0 Å². The Kier molecular flexibility index (Phi) is 3.81. The van der Waals surface area contributed by atoms with Gasteiger partial charge in [-0.3, -0.25) is 0 Å². The largest absolute Gasteiger partial charge is 0.0928 e. The molecule has 0 saturated carbocycles. The maximum Gasteiger partial charge on any atom is 0.0406 e. The normalized spacial score (nSPS) is 11.7. The van der Waals surface area contributed by atoms with Gasteiger partial charge in [0.2, 0.25) is 0 Å². The van der Waals surface area contributed by atoms with Gasteiger partial charge in [-0.25, -0.2) is 0 Å². The highest BCUT2D eigenvalue weighted by Gasteiger charge is 2.18. The molecule has 0 nitrogen and oxygen atoms in total. The van der Waals surface area contributed by atoms with Crippen LogP contribution in [0.1, 0.15) is 25.8 Å². The van der Waals surface area contributed by atoms with Crippen molar-refractivity contribution in [2.24, 2.45) is 0 Å². The van der Waals surface area contributed by atoms with Gasteiger partial charge in [-0.1, -0.05) is 53.5 Å². The highest BCUT2D eigenvalue weighted by atomic mass is 79.9. The van der Waals surface area contributed by atoms with Gasteiger partial charge in [0.1, 0.15) is 0 Å². The van der Waals surface area contributed by atoms with Gasteiger partial charge in [0.15, 0.2) is 0 Å². The van der Waals surface area contributed by atoms with Crippen molar-refractivity contribution in [2.75, 3.05) is 5.33 Å². The molecule has 0 fully saturated rings. The summed E-state index contributed by atoms with van der Waals surface area (Å²) in [6.07, 6.45) is 1.13. The van der Waals surface area contributed by atoms with Crippen molar-refractivity contribution in [2.45, 2.75) is 25.7 Å². The van der Waals surface area contributed by atoms with Crippen molar-refractivity contribution in [1.82, 2.24) is 0 Å². The van der Waals surface area contributed by atoms with E-state index in [9.17, 15) is 0 Å². The summed E-state index contributed by atoms with van der Waals surface area (Å²) < 4.78 is 0. The van der Waals surface area contributed by atoms with Gasteiger partial charge in [-0.05, 0) is 29.5 Å². The molecule has 0 atom stereocenters. The molecule has 0 aliphatic rings. The molecule has 1 aromatic carbocycles. The second kappa shape index (κ2) is 4.47. The van der Waals surface area contributed by atoms with Gasteiger partial charge in [0.25, 0.3) is 0 Å². The second-order valence-electron chi connectivity index (χ2n) is 3.83. The first-order valence-corrected chi connectivity index (χ1v) is 5.88. The number of hydrogen-bond donors (Lipinski definition) is 0. The van der Waals surface area contributed by atoms with Gasteiger partial charge in [0.05, 0.1) is 0 Å². The summed E-state index contributed by atoms with van der Waals surface area (Å²) in [6, 6.07) is 8.11. The standard InChI is InChI=1S/C11H14BrCl/c1-11(2,7-8-12)9-3-5-10(13)6-4-9/h3-6H,7-8H2,1-2H3. The molecule has 0 aliphatic carbocycles. The van der Waals surface area contributed by atoms with Crippen LogP contribution in [0, 0.1) is 0 Å². The minimum atomic E-state index is 0.230. The summed E-state index contributed by atoms with van der Waals surface area (Å²) in [6.45, 7) is 4.50. The third-order valence-corrected chi connectivity index (χ3v) is 2.99. The molecule has 1 rings (SSSR count). The average Bonchev–Trinajstić information content (AvgIpc) is 2.05. The van der Waals surface area contributed by atoms with E-state index in [-0.39, 0.29) is 5.41 Å². The molecule has 0 aromatic heterocycles. The predicted octanol–water partition coefficient (Wildman–Crippen LogP) is 4.40. The fourth-order valence-corrected chi connectivity index (χ4v) is 2.40. The summed E-state index contributed by atoms with van der Waals surface area (Å²) in [7, 11) is 0. The molecule has 0 saturated heterocycles. The van der Waals surface area contributed by atoms with Crippen molar-refractivity contribution in [3.05, 3.63) is 34.9 Å². The zero-order valence-corrected chi connectivity index (χ0v) is 10.3. The van der Waals surface area contributed by atoms with Gasteiger partial charge < -0.3 is 0 Å². The zero-order valence-electron chi connectivity index (χ0n) is 7.98. The Hall–Kier alpha value is -0.0100. The Balaban J connectivity index is 2.87. The number of halogens is 2. The zero-order chi connectivity index (χ0) is 9.90. The van der Waals surface area contributed by atoms with E-state index >= 15 is 0 Å². The molecular weight excluding hydrogens is 247 g/mol. The summed E-state index contributed by atoms with van der Waals surface area (Å²) in [5.74, 6) is 0. The monoisotopic (exact) mass is 260 g/mol. The molecule has 0 N–H and O–H groups in total. The van der Waals surface area contributed by atoms with Crippen LogP contribution >= 0.6 is 27.5 Å². The lowest BCUT2D eigenvalue weighted by molar-refractivity contribution is 0.512. The summed E-state index contributed by atoms with van der Waals surface area (Å²) in [5.41, 5.74) is 1.57. The van der Waals surface area contributed by atoms with Crippen molar-refractivity contribution in [3.8, 4) is 0 Å². The van der Waals surface area contributed by atoms with Crippen LogP contribution in [0.5, 0.6) is 0 Å². The molecule has 0 amide bonds. The Morgan fingerprint density at radius 1 is 1.23 bits per heavy atom. The molecule has 0 radical (unpaired) electrons. The Bertz CT molecular complexity index is 264. The van der Waals surface area contributed by atoms with Crippen molar-refractivity contribution in [3.63, 3.8) is 0 Å². The van der Waals surface area contributed by atoms with E-state index in [0.717, 1.165) is 16.8 Å². The second-order valence-corrected chi connectivity index (χ2v) is 5.06. The number of benzene rings is 1. The predicted molar refractivity (Wildman–Crippen MR) is 62.9 cm³/mol. The number of rotatable bonds is 3. The minimum Gasteiger partial charge on any atom is -0.0928 e. The van der Waals surface area contributed by atoms with E-state index in [1.54, 1.807) is 0 Å². The van der Waals surface area contributed by atoms with E-state index in [1.165, 1.54) is 5.56 Å². The Labute approximate surface area is 93.4 Å². The quantitative estimate of drug-likeness (QED) is 0.707. The van der Waals surface area contributed by atoms with Gasteiger partial charge >= 0.3 is 0 Å². The molecule has 1 aromatic rings. The fourth-order valence-electron chi connectivity index (χ4n) is 1.28. The highest BCUT2D eigenvalue weighted by molar-refractivity contribution is 9.09. The molecule has 13 heavy (non-hydrogen) atoms. The first kappa shape index (κ1) is 11.1. The Morgan fingerprint density at radius 2 is 1.77 bits per heavy atom. The lowest BCUT2D eigenvalue weighted by Gasteiger charge is -2.24. The lowest BCUT2D eigenvalue weighted by atomic mass is 9.82. The molecule has 0 bridgehead atoms. The average molecular weight is 262 g/mol. The summed E-state index contributed by atoms with van der Waals surface area (Å²) in [5, 5.41) is 1.83. The third kappa shape index (κ3) is 2.99. The highest BCUT2D eigenvalue weighted by Crippen LogP contribution is 2.28. The first-order chi connectivity index (χ1) is 6.06. The Morgan fingerprint density at radius 3 is 2.23 bits per heavy atom. The third-order valence-electron chi connectivity index (χ3n) is 2.35. The van der Waals surface area contributed by atoms with Crippen LogP contribution in [-0.4, -0.2) is 5.33 Å². The SMILES string of the molecule is CC(C)(CCBr)c1ccc(Cl)cc1. The molecule has 72 valence electrons. The van der Waals surface area contributed by atoms with E-state index in [2.05, 4.69) is 41.9 Å². The van der Waals surface area contributed by atoms with E-state index in [1.807, 2.05) is 12.1 Å². The number of alkyl halides is 1. The number of hydrogen-bond acceptors (Lipinski definition) is 0. The molecule has 0 spiro atoms. The van der Waals surface area contributed by atoms with E-state index in [4.69, 9.17) is 11.6 Å². The minimum absolute atomic E-state index is 0.230. The summed E-state index contributed by atoms with van der Waals surface area (Å²) in [4.78, 5) is 0. The van der Waals surface area contributed by atoms with Crippen LogP contribution < -0.4 is 0 Å². The van der Waals surface area contributed by atoms with Gasteiger partial charge in [0, 0.05) is 10.4 Å². The van der Waals surface area contributed by atoms with E-state index in [0.29, 0.717) is 0 Å². The lowest BCUT2D eigenvalue weighted by Crippen LogP contribution is -2.17. The van der Waals surface area contributed by atoms with E-state index < -0.39 is 0 Å². The van der Waals surface area contributed by atoms with Crippen molar-refractivity contribution < 1.29 is 0 Å². The molecular formula is C11H14BrCl. The topological polar surface area (TPSA) is 0 Å². The van der Waals surface area contributed by atoms with Crippen LogP contribution in [0.15, 0.2) is 24.3 Å². The maximum absolute atomic E-state index is 5.83. The van der Waals surface area contributed by atoms with Crippen LogP contribution in [-0.2, 0) is 5.41 Å². The molecule has 0 heterocycles. The molecule has 0 unspecified atom stereocenters. The fraction of sp³-hybridized carbons (Fsp3) is 0.455. The summed E-state index contributed by atoms with van der Waals surface area (Å²) >= 11 is 9.30. The molecule has 2 heteroatoms. The van der Waals surface area contributed by atoms with Gasteiger partial charge in [-0.2, -0.15) is 0 Å². The molecule has 0 aliphatic heterocycles. The van der Waals surface area contributed by atoms with Crippen molar-refractivity contribution >= 4 is 27.5 Å². The van der Waals surface area contributed by atoms with Crippen LogP contribution in [0.3, 0.4) is 0 Å². The van der Waals surface area contributed by atoms with Crippen LogP contribution in [0.2, 0.25) is 5.02 Å². The maximum atomic E-state index is 5.83.